The maximum absolute atomic E-state index is 13.4. The number of nitrogens with one attached hydrogen (secondary N) is 1. The Labute approximate surface area is 256 Å². The molecule has 2 N–H and O–H groups in total. The fraction of sp³-hybridized carbons (Fsp3) is 0.115. The number of hydrogen-bond donors (Lipinski definition) is 2. The number of halogens is 2. The number of amides is 1. The molecule has 0 radical (unpaired) electrons. The number of methoxy groups -OCH3 is 1. The van der Waals surface area contributed by atoms with Gasteiger partial charge in [0.25, 0.3) is 16.0 Å². The van der Waals surface area contributed by atoms with E-state index in [-0.39, 0.29) is 62.2 Å². The molecule has 9 nitrogen and oxygen atoms in total. The first-order valence-electron chi connectivity index (χ1n) is 11.1. The molecular weight excluding hydrogens is 576 g/mol. The van der Waals surface area contributed by atoms with Crippen molar-refractivity contribution in [3.63, 3.8) is 0 Å². The van der Waals surface area contributed by atoms with Crippen LogP contribution in [0.1, 0.15) is 22.8 Å². The van der Waals surface area contributed by atoms with Crippen molar-refractivity contribution in [2.75, 3.05) is 12.4 Å². The number of fused-ring (bicyclic) bond motifs is 1. The Morgan fingerprint density at radius 3 is 2.44 bits per heavy atom. The molecule has 4 aromatic carbocycles. The van der Waals surface area contributed by atoms with Gasteiger partial charge in [-0.1, -0.05) is 66.2 Å². The van der Waals surface area contributed by atoms with Gasteiger partial charge in [0.1, 0.15) is 16.3 Å². The normalized spacial score (nSPS) is 11.4. The number of hydrogen-bond acceptors (Lipinski definition) is 7. The Bertz CT molecular complexity index is 1710. The summed E-state index contributed by atoms with van der Waals surface area (Å²) in [5.74, 6) is -1.00. The number of nitrogens with zero attached hydrogens (tertiary/aromatic N) is 2. The van der Waals surface area contributed by atoms with Gasteiger partial charge in [-0.05, 0) is 41.6 Å². The number of anilines is 1. The molecule has 0 aromatic heterocycles. The number of carbonyl (C=O) groups excluding carboxylic acids is 1. The number of aryl methyl sites for hydroxylation is 1. The Balaban J connectivity index is 0.00000420. The minimum atomic E-state index is -4.77. The van der Waals surface area contributed by atoms with E-state index in [1.807, 2.05) is 0 Å². The fourth-order valence-electron chi connectivity index (χ4n) is 3.78. The van der Waals surface area contributed by atoms with E-state index in [0.717, 1.165) is 0 Å². The number of azo groups is 1. The van der Waals surface area contributed by atoms with Crippen LogP contribution in [0.3, 0.4) is 0 Å². The van der Waals surface area contributed by atoms with E-state index < -0.39 is 26.7 Å². The second-order valence-electron chi connectivity index (χ2n) is 8.04. The summed E-state index contributed by atoms with van der Waals surface area (Å²) in [6, 6.07) is 15.6. The standard InChI is InChI=1S/C26H21Cl2N3O6S.Na/c1-3-14-8-10-21(25(22(14)28)38(34,35)36)30-31-23-17-7-5-4-6-15(17)12-18(24(23)32)26(33)29-20-11-9-16(37-2)13-19(20)27;/h4-13,32H,3H2,1-2H3,(H,29,33)(H,34,35,36);/q;+1/p-1. The SMILES string of the molecule is CCc1ccc(N=Nc2c([O-])c(C(=O)Nc3ccc(OC)cc3Cl)cc3ccccc23)c(S(=O)(=O)O)c1Cl.[Na+]. The van der Waals surface area contributed by atoms with Crippen molar-refractivity contribution >= 4 is 67.1 Å². The van der Waals surface area contributed by atoms with Crippen LogP contribution in [0.4, 0.5) is 17.1 Å². The first-order chi connectivity index (χ1) is 18.0. The molecule has 0 atom stereocenters. The van der Waals surface area contributed by atoms with Crippen LogP contribution in [0.25, 0.3) is 10.8 Å². The van der Waals surface area contributed by atoms with Gasteiger partial charge < -0.3 is 15.2 Å². The van der Waals surface area contributed by atoms with Crippen molar-refractivity contribution in [3.05, 3.63) is 81.8 Å². The third-order valence-corrected chi connectivity index (χ3v) is 7.48. The van der Waals surface area contributed by atoms with Gasteiger partial charge in [-0.25, -0.2) is 0 Å². The van der Waals surface area contributed by atoms with Crippen LogP contribution in [-0.4, -0.2) is 26.0 Å². The van der Waals surface area contributed by atoms with Gasteiger partial charge in [0.05, 0.1) is 28.5 Å². The van der Waals surface area contributed by atoms with E-state index >= 15 is 0 Å². The second kappa shape index (κ2) is 12.6. The number of ether oxygens (including phenoxy) is 1. The topological polar surface area (TPSA) is 140 Å². The van der Waals surface area contributed by atoms with Crippen molar-refractivity contribution in [3.8, 4) is 11.5 Å². The summed E-state index contributed by atoms with van der Waals surface area (Å²) in [7, 11) is -3.29. The third kappa shape index (κ3) is 6.55. The van der Waals surface area contributed by atoms with Crippen molar-refractivity contribution in [2.45, 2.75) is 18.2 Å². The van der Waals surface area contributed by atoms with Crippen LogP contribution in [0.2, 0.25) is 10.0 Å². The smallest absolute Gasteiger partial charge is 0.870 e. The van der Waals surface area contributed by atoms with Crippen LogP contribution in [0.15, 0.2) is 75.8 Å². The van der Waals surface area contributed by atoms with Gasteiger partial charge in [0.2, 0.25) is 0 Å². The van der Waals surface area contributed by atoms with E-state index in [4.69, 9.17) is 27.9 Å². The van der Waals surface area contributed by atoms with E-state index in [1.54, 1.807) is 43.3 Å². The maximum Gasteiger partial charge on any atom is 1.00 e. The molecule has 39 heavy (non-hydrogen) atoms. The van der Waals surface area contributed by atoms with Crippen molar-refractivity contribution in [1.82, 2.24) is 0 Å². The van der Waals surface area contributed by atoms with Crippen LogP contribution in [0, 0.1) is 0 Å². The number of rotatable bonds is 7. The molecule has 0 saturated carbocycles. The molecule has 0 aliphatic rings. The zero-order valence-corrected chi connectivity index (χ0v) is 25.4. The van der Waals surface area contributed by atoms with Gasteiger partial charge in [-0.15, -0.1) is 5.11 Å². The summed E-state index contributed by atoms with van der Waals surface area (Å²) in [6.07, 6.45) is 0.406. The maximum atomic E-state index is 13.4. The minimum Gasteiger partial charge on any atom is -0.870 e. The molecule has 0 aliphatic carbocycles. The molecule has 0 saturated heterocycles. The molecule has 0 bridgehead atoms. The molecule has 4 aromatic rings. The van der Waals surface area contributed by atoms with Crippen LogP contribution in [0.5, 0.6) is 11.5 Å². The summed E-state index contributed by atoms with van der Waals surface area (Å²) in [6.45, 7) is 1.77. The minimum absolute atomic E-state index is 0. The average molecular weight is 596 g/mol. The predicted octanol–water partition coefficient (Wildman–Crippen LogP) is 3.71. The largest absolute Gasteiger partial charge is 1.00 e. The Hall–Kier alpha value is -2.70. The van der Waals surface area contributed by atoms with E-state index in [1.165, 1.54) is 31.4 Å². The van der Waals surface area contributed by atoms with E-state index in [2.05, 4.69) is 15.5 Å². The average Bonchev–Trinajstić information content (AvgIpc) is 2.88. The Morgan fingerprint density at radius 2 is 1.79 bits per heavy atom. The van der Waals surface area contributed by atoms with Crippen LogP contribution < -0.4 is 44.7 Å². The van der Waals surface area contributed by atoms with Gasteiger partial charge in [-0.2, -0.15) is 13.5 Å². The molecule has 0 unspecified atom stereocenters. The predicted molar refractivity (Wildman–Crippen MR) is 144 cm³/mol. The summed E-state index contributed by atoms with van der Waals surface area (Å²) < 4.78 is 39.0. The van der Waals surface area contributed by atoms with Crippen LogP contribution in [-0.2, 0) is 16.5 Å². The summed E-state index contributed by atoms with van der Waals surface area (Å²) >= 11 is 12.4. The van der Waals surface area contributed by atoms with Gasteiger partial charge in [0.15, 0.2) is 0 Å². The molecule has 0 spiro atoms. The molecule has 1 amide bonds. The number of carbonyl (C=O) groups is 1. The zero-order chi connectivity index (χ0) is 27.6. The second-order valence-corrected chi connectivity index (χ2v) is 10.2. The molecule has 0 fully saturated rings. The molecular formula is C26H20Cl2N3NaO6S. The van der Waals surface area contributed by atoms with E-state index in [0.29, 0.717) is 28.5 Å². The monoisotopic (exact) mass is 595 g/mol. The quantitative estimate of drug-likeness (QED) is 0.189. The molecule has 4 rings (SSSR count). The van der Waals surface area contributed by atoms with Gasteiger partial charge >= 0.3 is 29.6 Å². The van der Waals surface area contributed by atoms with Gasteiger partial charge in [0, 0.05) is 17.0 Å². The molecule has 0 aliphatic heterocycles. The van der Waals surface area contributed by atoms with Crippen molar-refractivity contribution in [1.29, 1.82) is 0 Å². The zero-order valence-electron chi connectivity index (χ0n) is 21.0. The summed E-state index contributed by atoms with van der Waals surface area (Å²) in [4.78, 5) is 12.5. The molecule has 0 heterocycles. The Kier molecular flexibility index (Phi) is 10.0. The van der Waals surface area contributed by atoms with Gasteiger partial charge in [-0.3, -0.25) is 9.35 Å². The van der Waals surface area contributed by atoms with Crippen molar-refractivity contribution in [2.24, 2.45) is 10.2 Å². The third-order valence-electron chi connectivity index (χ3n) is 5.70. The molecule has 196 valence electrons. The first-order valence-corrected chi connectivity index (χ1v) is 13.3. The first kappa shape index (κ1) is 30.8. The molecule has 13 heteroatoms. The summed E-state index contributed by atoms with van der Waals surface area (Å²) in [5.41, 5.74) is 0.0312. The number of benzene rings is 4. The fourth-order valence-corrected chi connectivity index (χ4v) is 5.31. The summed E-state index contributed by atoms with van der Waals surface area (Å²) in [5, 5.41) is 24.9. The van der Waals surface area contributed by atoms with Crippen LogP contribution >= 0.6 is 23.2 Å². The van der Waals surface area contributed by atoms with Crippen molar-refractivity contribution < 1.29 is 57.2 Å². The van der Waals surface area contributed by atoms with E-state index in [9.17, 15) is 22.9 Å². The Morgan fingerprint density at radius 1 is 1.08 bits per heavy atom.